The number of rotatable bonds is 3. The van der Waals surface area contributed by atoms with Gasteiger partial charge < -0.3 is 10.5 Å². The molecule has 0 radical (unpaired) electrons. The third kappa shape index (κ3) is 2.52. The lowest BCUT2D eigenvalue weighted by Crippen LogP contribution is -2.00. The molecule has 0 aliphatic heterocycles. The normalized spacial score (nSPS) is 10.8. The van der Waals surface area contributed by atoms with Crippen molar-refractivity contribution in [2.75, 3.05) is 12.3 Å². The van der Waals surface area contributed by atoms with Gasteiger partial charge in [-0.15, -0.1) is 0 Å². The van der Waals surface area contributed by atoms with Gasteiger partial charge in [0, 0.05) is 0 Å². The molecule has 0 saturated carbocycles. The summed E-state index contributed by atoms with van der Waals surface area (Å²) in [6, 6.07) is 4.00. The highest BCUT2D eigenvalue weighted by Crippen LogP contribution is 2.27. The van der Waals surface area contributed by atoms with Crippen molar-refractivity contribution in [3.63, 3.8) is 0 Å². The monoisotopic (exact) mass is 191 g/mol. The van der Waals surface area contributed by atoms with Crippen LogP contribution in [-0.2, 0) is 0 Å². The Balaban J connectivity index is 2.85. The first-order chi connectivity index (χ1) is 6.65. The van der Waals surface area contributed by atoms with Crippen LogP contribution in [0.25, 0.3) is 0 Å². The fraction of sp³-hybridized carbons (Fsp3) is 0.333. The van der Waals surface area contributed by atoms with Crippen molar-refractivity contribution < 1.29 is 4.74 Å². The van der Waals surface area contributed by atoms with Gasteiger partial charge in [0.05, 0.1) is 5.69 Å². The lowest BCUT2D eigenvalue weighted by molar-refractivity contribution is 0.362. The largest absolute Gasteiger partial charge is 0.487 e. The van der Waals surface area contributed by atoms with E-state index in [1.54, 1.807) is 0 Å². The number of allylic oxidation sites excluding steroid dienone is 1. The van der Waals surface area contributed by atoms with E-state index in [2.05, 4.69) is 6.07 Å². The van der Waals surface area contributed by atoms with E-state index >= 15 is 0 Å². The molecule has 2 N–H and O–H groups in total. The number of hydrogen-bond acceptors (Lipinski definition) is 2. The summed E-state index contributed by atoms with van der Waals surface area (Å²) in [7, 11) is 0. The van der Waals surface area contributed by atoms with Crippen molar-refractivity contribution in [1.29, 1.82) is 0 Å². The molecule has 0 aromatic heterocycles. The molecule has 14 heavy (non-hydrogen) atoms. The van der Waals surface area contributed by atoms with Gasteiger partial charge in [-0.25, -0.2) is 0 Å². The van der Waals surface area contributed by atoms with E-state index in [1.807, 2.05) is 39.0 Å². The second-order valence-electron chi connectivity index (χ2n) is 3.38. The minimum atomic E-state index is 0.574. The van der Waals surface area contributed by atoms with E-state index in [9.17, 15) is 0 Å². The van der Waals surface area contributed by atoms with Crippen LogP contribution in [0.4, 0.5) is 5.69 Å². The quantitative estimate of drug-likeness (QED) is 0.589. The molecule has 0 spiro atoms. The van der Waals surface area contributed by atoms with Gasteiger partial charge in [-0.3, -0.25) is 0 Å². The van der Waals surface area contributed by atoms with Crippen molar-refractivity contribution in [2.24, 2.45) is 0 Å². The maximum atomic E-state index is 5.86. The third-order valence-corrected chi connectivity index (χ3v) is 2.01. The van der Waals surface area contributed by atoms with E-state index in [-0.39, 0.29) is 0 Å². The van der Waals surface area contributed by atoms with E-state index in [0.29, 0.717) is 12.3 Å². The molecule has 0 heterocycles. The zero-order chi connectivity index (χ0) is 10.6. The summed E-state index contributed by atoms with van der Waals surface area (Å²) in [5, 5.41) is 0. The summed E-state index contributed by atoms with van der Waals surface area (Å²) >= 11 is 0. The predicted octanol–water partition coefficient (Wildman–Crippen LogP) is 2.84. The molecule has 0 saturated heterocycles. The average molecular weight is 191 g/mol. The summed E-state index contributed by atoms with van der Waals surface area (Å²) in [4.78, 5) is 0. The Kier molecular flexibility index (Phi) is 3.57. The molecule has 0 bridgehead atoms. The molecule has 0 fully saturated rings. The summed E-state index contributed by atoms with van der Waals surface area (Å²) in [5.41, 5.74) is 8.83. The predicted molar refractivity (Wildman–Crippen MR) is 60.6 cm³/mol. The molecular formula is C12H17NO. The topological polar surface area (TPSA) is 35.2 Å². The highest BCUT2D eigenvalue weighted by Gasteiger charge is 2.04. The molecule has 2 heteroatoms. The number of ether oxygens (including phenoxy) is 1. The van der Waals surface area contributed by atoms with Crippen molar-refractivity contribution in [2.45, 2.75) is 20.8 Å². The molecule has 2 nitrogen and oxygen atoms in total. The summed E-state index contributed by atoms with van der Waals surface area (Å²) < 4.78 is 5.55. The second kappa shape index (κ2) is 4.70. The van der Waals surface area contributed by atoms with Crippen LogP contribution in [0.2, 0.25) is 0 Å². The SMILES string of the molecule is C/C=C/COc1c(C)cc(C)cc1N. The zero-order valence-electron chi connectivity index (χ0n) is 9.00. The standard InChI is InChI=1S/C12H17NO/c1-4-5-6-14-12-10(3)7-9(2)8-11(12)13/h4-5,7-8H,6,13H2,1-3H3/b5-4+. The Hall–Kier alpha value is -1.44. The highest BCUT2D eigenvalue weighted by atomic mass is 16.5. The molecule has 76 valence electrons. The lowest BCUT2D eigenvalue weighted by atomic mass is 10.1. The van der Waals surface area contributed by atoms with Crippen LogP contribution >= 0.6 is 0 Å². The maximum Gasteiger partial charge on any atom is 0.145 e. The van der Waals surface area contributed by atoms with Gasteiger partial charge >= 0.3 is 0 Å². The van der Waals surface area contributed by atoms with Gasteiger partial charge in [0.25, 0.3) is 0 Å². The van der Waals surface area contributed by atoms with Gasteiger partial charge in [-0.1, -0.05) is 18.2 Å². The second-order valence-corrected chi connectivity index (χ2v) is 3.38. The van der Waals surface area contributed by atoms with Crippen LogP contribution in [0.15, 0.2) is 24.3 Å². The number of aryl methyl sites for hydroxylation is 2. The number of anilines is 1. The first kappa shape index (κ1) is 10.6. The van der Waals surface area contributed by atoms with Crippen LogP contribution in [0.1, 0.15) is 18.1 Å². The van der Waals surface area contributed by atoms with E-state index in [0.717, 1.165) is 11.3 Å². The fourth-order valence-electron chi connectivity index (χ4n) is 1.41. The van der Waals surface area contributed by atoms with Gasteiger partial charge in [0.15, 0.2) is 0 Å². The van der Waals surface area contributed by atoms with Crippen molar-refractivity contribution >= 4 is 5.69 Å². The Morgan fingerprint density at radius 2 is 2.07 bits per heavy atom. The van der Waals surface area contributed by atoms with Crippen LogP contribution in [0.3, 0.4) is 0 Å². The number of nitrogens with two attached hydrogens (primary N) is 1. The van der Waals surface area contributed by atoms with Gasteiger partial charge in [-0.05, 0) is 38.0 Å². The Labute approximate surface area is 85.4 Å². The Bertz CT molecular complexity index is 319. The van der Waals surface area contributed by atoms with Crippen molar-refractivity contribution in [3.05, 3.63) is 35.4 Å². The van der Waals surface area contributed by atoms with Gasteiger partial charge in [0.1, 0.15) is 12.4 Å². The van der Waals surface area contributed by atoms with Crippen LogP contribution in [0.5, 0.6) is 5.75 Å². The first-order valence-corrected chi connectivity index (χ1v) is 4.76. The molecule has 0 atom stereocenters. The molecule has 1 aromatic rings. The van der Waals surface area contributed by atoms with Crippen LogP contribution in [-0.4, -0.2) is 6.61 Å². The van der Waals surface area contributed by atoms with Gasteiger partial charge in [0.2, 0.25) is 0 Å². The van der Waals surface area contributed by atoms with E-state index in [4.69, 9.17) is 10.5 Å². The average Bonchev–Trinajstić information content (AvgIpc) is 2.09. The van der Waals surface area contributed by atoms with Gasteiger partial charge in [-0.2, -0.15) is 0 Å². The number of hydrogen-bond donors (Lipinski definition) is 1. The van der Waals surface area contributed by atoms with E-state index in [1.165, 1.54) is 5.56 Å². The van der Waals surface area contributed by atoms with E-state index < -0.39 is 0 Å². The highest BCUT2D eigenvalue weighted by molar-refractivity contribution is 5.58. The summed E-state index contributed by atoms with van der Waals surface area (Å²) in [5.74, 6) is 0.800. The minimum Gasteiger partial charge on any atom is -0.487 e. The minimum absolute atomic E-state index is 0.574. The van der Waals surface area contributed by atoms with Crippen molar-refractivity contribution in [1.82, 2.24) is 0 Å². The lowest BCUT2D eigenvalue weighted by Gasteiger charge is -2.11. The number of nitrogen functional groups attached to an aromatic ring is 1. The molecule has 0 aliphatic rings. The smallest absolute Gasteiger partial charge is 0.145 e. The molecule has 0 unspecified atom stereocenters. The van der Waals surface area contributed by atoms with Crippen molar-refractivity contribution in [3.8, 4) is 5.75 Å². The summed E-state index contributed by atoms with van der Waals surface area (Å²) in [6.07, 6.45) is 3.92. The Morgan fingerprint density at radius 3 is 2.64 bits per heavy atom. The number of benzene rings is 1. The molecule has 1 rings (SSSR count). The molecular weight excluding hydrogens is 174 g/mol. The fourth-order valence-corrected chi connectivity index (χ4v) is 1.41. The molecule has 0 amide bonds. The van der Waals surface area contributed by atoms with Crippen LogP contribution < -0.4 is 10.5 Å². The molecule has 0 aliphatic carbocycles. The molecule has 1 aromatic carbocycles. The third-order valence-electron chi connectivity index (χ3n) is 2.01. The zero-order valence-corrected chi connectivity index (χ0v) is 9.00. The maximum absolute atomic E-state index is 5.86. The van der Waals surface area contributed by atoms with Crippen LogP contribution in [0, 0.1) is 13.8 Å². The Morgan fingerprint density at radius 1 is 1.36 bits per heavy atom. The summed E-state index contributed by atoms with van der Waals surface area (Å²) in [6.45, 7) is 6.58. The first-order valence-electron chi connectivity index (χ1n) is 4.76.